The first-order chi connectivity index (χ1) is 5.74. The quantitative estimate of drug-likeness (QED) is 0.568. The van der Waals surface area contributed by atoms with Crippen LogP contribution in [0.4, 0.5) is 0 Å². The molecule has 0 N–H and O–H groups in total. The molecule has 2 rings (SSSR count). The number of nitrogens with zero attached hydrogens (tertiary/aromatic N) is 1. The summed E-state index contributed by atoms with van der Waals surface area (Å²) in [5.74, 6) is 0. The summed E-state index contributed by atoms with van der Waals surface area (Å²) in [6.07, 6.45) is 7.27. The minimum absolute atomic E-state index is 0.201. The minimum Gasteiger partial charge on any atom is -0.358 e. The molecule has 0 aromatic carbocycles. The Hall–Kier alpha value is -0.890. The van der Waals surface area contributed by atoms with Crippen molar-refractivity contribution in [1.82, 2.24) is 0 Å². The molecule has 64 valence electrons. The maximum atomic E-state index is 5.69. The van der Waals surface area contributed by atoms with Gasteiger partial charge < -0.3 is 4.74 Å². The molecular weight excluding hydrogens is 150 g/mol. The van der Waals surface area contributed by atoms with Gasteiger partial charge in [-0.05, 0) is 13.0 Å². The predicted molar refractivity (Wildman–Crippen MR) is 49.5 cm³/mol. The van der Waals surface area contributed by atoms with Crippen molar-refractivity contribution in [2.24, 2.45) is 4.99 Å². The molecule has 12 heavy (non-hydrogen) atoms. The van der Waals surface area contributed by atoms with E-state index in [9.17, 15) is 0 Å². The van der Waals surface area contributed by atoms with Crippen LogP contribution in [0, 0.1) is 0 Å². The molecule has 2 aliphatic heterocycles. The molecule has 2 heterocycles. The number of aliphatic imine (C=N–C) groups is 1. The average Bonchev–Trinajstić information content (AvgIpc) is 2.55. The van der Waals surface area contributed by atoms with Crippen LogP contribution in [0.15, 0.2) is 29.8 Å². The average molecular weight is 163 g/mol. The fourth-order valence-electron chi connectivity index (χ4n) is 1.75. The van der Waals surface area contributed by atoms with Gasteiger partial charge in [0.2, 0.25) is 0 Å². The van der Waals surface area contributed by atoms with E-state index in [1.54, 1.807) is 0 Å². The third kappa shape index (κ3) is 1.03. The summed E-state index contributed by atoms with van der Waals surface area (Å²) in [5, 5.41) is 0. The lowest BCUT2D eigenvalue weighted by Gasteiger charge is -2.16. The predicted octanol–water partition coefficient (Wildman–Crippen LogP) is 1.73. The number of fused-ring (bicyclic) bond motifs is 2. The van der Waals surface area contributed by atoms with Crippen molar-refractivity contribution in [2.75, 3.05) is 6.54 Å². The fourth-order valence-corrected chi connectivity index (χ4v) is 1.75. The molecule has 1 fully saturated rings. The summed E-state index contributed by atoms with van der Waals surface area (Å²) >= 11 is 0. The maximum absolute atomic E-state index is 5.69. The lowest BCUT2D eigenvalue weighted by Crippen LogP contribution is -2.28. The molecule has 0 spiro atoms. The van der Waals surface area contributed by atoms with E-state index in [0.29, 0.717) is 6.54 Å². The number of rotatable bonds is 2. The van der Waals surface area contributed by atoms with Gasteiger partial charge in [-0.25, -0.2) is 0 Å². The van der Waals surface area contributed by atoms with Gasteiger partial charge in [0.15, 0.2) is 0 Å². The molecule has 0 saturated carbocycles. The highest BCUT2D eigenvalue weighted by Gasteiger charge is 2.43. The Balaban J connectivity index is 2.20. The van der Waals surface area contributed by atoms with Crippen molar-refractivity contribution in [3.63, 3.8) is 0 Å². The van der Waals surface area contributed by atoms with E-state index in [-0.39, 0.29) is 11.7 Å². The Kier molecular flexibility index (Phi) is 1.65. The highest BCUT2D eigenvalue weighted by Crippen LogP contribution is 2.35. The highest BCUT2D eigenvalue weighted by molar-refractivity contribution is 5.97. The van der Waals surface area contributed by atoms with Crippen molar-refractivity contribution in [3.05, 3.63) is 24.8 Å². The zero-order valence-electron chi connectivity index (χ0n) is 7.29. The van der Waals surface area contributed by atoms with Crippen molar-refractivity contribution in [3.8, 4) is 0 Å². The monoisotopic (exact) mass is 163 g/mol. The van der Waals surface area contributed by atoms with Gasteiger partial charge in [0.1, 0.15) is 5.60 Å². The second-order valence-electron chi connectivity index (χ2n) is 3.40. The molecule has 0 aliphatic carbocycles. The first-order valence-electron chi connectivity index (χ1n) is 4.26. The molecule has 2 heteroatoms. The van der Waals surface area contributed by atoms with Crippen LogP contribution >= 0.6 is 0 Å². The Bertz CT molecular complexity index is 267. The molecule has 2 atom stereocenters. The third-order valence-corrected chi connectivity index (χ3v) is 2.40. The second kappa shape index (κ2) is 2.56. The summed E-state index contributed by atoms with van der Waals surface area (Å²) in [6, 6.07) is 0. The second-order valence-corrected chi connectivity index (χ2v) is 3.40. The van der Waals surface area contributed by atoms with Crippen LogP contribution in [0.2, 0.25) is 0 Å². The van der Waals surface area contributed by atoms with Crippen LogP contribution in [0.5, 0.6) is 0 Å². The highest BCUT2D eigenvalue weighted by atomic mass is 16.5. The topological polar surface area (TPSA) is 21.6 Å². The van der Waals surface area contributed by atoms with Crippen molar-refractivity contribution >= 4 is 5.71 Å². The number of hydrogen-bond acceptors (Lipinski definition) is 2. The van der Waals surface area contributed by atoms with E-state index in [0.717, 1.165) is 12.1 Å². The van der Waals surface area contributed by atoms with Gasteiger partial charge >= 0.3 is 0 Å². The van der Waals surface area contributed by atoms with Crippen molar-refractivity contribution in [2.45, 2.75) is 25.0 Å². The molecule has 1 saturated heterocycles. The molecule has 0 aromatic rings. The summed E-state index contributed by atoms with van der Waals surface area (Å²) in [4.78, 5) is 4.42. The van der Waals surface area contributed by atoms with Crippen LogP contribution in [0.25, 0.3) is 0 Å². The minimum atomic E-state index is -0.201. The Morgan fingerprint density at radius 1 is 1.92 bits per heavy atom. The summed E-state index contributed by atoms with van der Waals surface area (Å²) in [5.41, 5.74) is 0.961. The standard InChI is InChI=1S/C10H13NO/c1-3-6-11-9-7-8-4-5-10(9,2)12-8/h3-5,8H,1,6-7H2,2H3/t8-,10+/m1/s1. The van der Waals surface area contributed by atoms with E-state index in [1.807, 2.05) is 6.08 Å². The van der Waals surface area contributed by atoms with Gasteiger partial charge in [-0.1, -0.05) is 12.2 Å². The SMILES string of the molecule is C=CCN=C1C[C@H]2C=C[C@]1(C)O2. The maximum Gasteiger partial charge on any atom is 0.122 e. The van der Waals surface area contributed by atoms with Crippen LogP contribution in [0.1, 0.15) is 13.3 Å². The molecular formula is C10H13NO. The normalized spacial score (nSPS) is 41.1. The lowest BCUT2D eigenvalue weighted by molar-refractivity contribution is 0.0685. The summed E-state index contributed by atoms with van der Waals surface area (Å²) in [6.45, 7) is 6.41. The van der Waals surface area contributed by atoms with Gasteiger partial charge in [-0.15, -0.1) is 6.58 Å². The molecule has 0 amide bonds. The van der Waals surface area contributed by atoms with Gasteiger partial charge in [0.05, 0.1) is 18.4 Å². The Labute approximate surface area is 72.6 Å². The van der Waals surface area contributed by atoms with Gasteiger partial charge in [-0.2, -0.15) is 0 Å². The van der Waals surface area contributed by atoms with Crippen LogP contribution in [-0.4, -0.2) is 24.0 Å². The van der Waals surface area contributed by atoms with Crippen molar-refractivity contribution in [1.29, 1.82) is 0 Å². The van der Waals surface area contributed by atoms with E-state index < -0.39 is 0 Å². The third-order valence-electron chi connectivity index (χ3n) is 2.40. The zero-order chi connectivity index (χ0) is 8.60. The number of hydrogen-bond donors (Lipinski definition) is 0. The largest absolute Gasteiger partial charge is 0.358 e. The van der Waals surface area contributed by atoms with E-state index in [1.165, 1.54) is 0 Å². The first-order valence-corrected chi connectivity index (χ1v) is 4.26. The first kappa shape index (κ1) is 7.74. The summed E-state index contributed by atoms with van der Waals surface area (Å²) < 4.78 is 5.69. The summed E-state index contributed by atoms with van der Waals surface area (Å²) in [7, 11) is 0. The van der Waals surface area contributed by atoms with E-state index in [2.05, 4.69) is 30.6 Å². The Morgan fingerprint density at radius 3 is 3.25 bits per heavy atom. The van der Waals surface area contributed by atoms with Crippen molar-refractivity contribution < 1.29 is 4.74 Å². The van der Waals surface area contributed by atoms with Crippen LogP contribution < -0.4 is 0 Å². The van der Waals surface area contributed by atoms with Crippen LogP contribution in [-0.2, 0) is 4.74 Å². The van der Waals surface area contributed by atoms with Gasteiger partial charge in [0, 0.05) is 6.42 Å². The van der Waals surface area contributed by atoms with E-state index in [4.69, 9.17) is 4.74 Å². The lowest BCUT2D eigenvalue weighted by atomic mass is 9.94. The molecule has 2 nitrogen and oxygen atoms in total. The number of ether oxygens (including phenoxy) is 1. The molecule has 2 aliphatic rings. The molecule has 0 radical (unpaired) electrons. The molecule has 2 bridgehead atoms. The van der Waals surface area contributed by atoms with Gasteiger partial charge in [0.25, 0.3) is 0 Å². The zero-order valence-corrected chi connectivity index (χ0v) is 7.29. The fraction of sp³-hybridized carbons (Fsp3) is 0.500. The van der Waals surface area contributed by atoms with Crippen LogP contribution in [0.3, 0.4) is 0 Å². The molecule has 0 aromatic heterocycles. The smallest absolute Gasteiger partial charge is 0.122 e. The Morgan fingerprint density at radius 2 is 2.75 bits per heavy atom. The van der Waals surface area contributed by atoms with E-state index >= 15 is 0 Å². The molecule has 0 unspecified atom stereocenters. The van der Waals surface area contributed by atoms with Gasteiger partial charge in [-0.3, -0.25) is 4.99 Å².